The number of ether oxygens (including phenoxy) is 3. The molecule has 4 aromatic heterocycles. The fraction of sp³-hybridized carbons (Fsp3) is 0.421. The molecule has 10 rings (SSSR count). The number of aryl methyl sites for hydroxylation is 2. The molecule has 8 heterocycles. The number of aliphatic hydroxyl groups is 2. The molecule has 0 aliphatic carbocycles. The number of hydrogen-bond acceptors (Lipinski definition) is 17. The average molecular weight is 1250 g/mol. The molecule has 0 bridgehead atoms. The number of halogens is 1. The van der Waals surface area contributed by atoms with Crippen LogP contribution in [-0.2, 0) is 79.1 Å². The smallest absolute Gasteiger partial charge is 1.00 e. The maximum atomic E-state index is 13.6. The van der Waals surface area contributed by atoms with Crippen LogP contribution in [0.5, 0.6) is 11.5 Å². The van der Waals surface area contributed by atoms with Crippen LogP contribution >= 0.6 is 11.6 Å². The summed E-state index contributed by atoms with van der Waals surface area (Å²) in [6, 6.07) is 16.1. The first-order valence-corrected chi connectivity index (χ1v) is 34.1. The summed E-state index contributed by atoms with van der Waals surface area (Å²) in [6.45, 7) is 17.5. The Balaban J connectivity index is 0.000000303. The van der Waals surface area contributed by atoms with Gasteiger partial charge in [0.1, 0.15) is 24.7 Å². The van der Waals surface area contributed by atoms with Gasteiger partial charge >= 0.3 is 126 Å². The number of pyridine rings is 4. The Kier molecular flexibility index (Phi) is 23.3. The maximum Gasteiger partial charge on any atom is 1.00 e. The predicted molar refractivity (Wildman–Crippen MR) is 307 cm³/mol. The Labute approximate surface area is 573 Å². The van der Waals surface area contributed by atoms with Crippen LogP contribution in [0.3, 0.4) is 0 Å². The van der Waals surface area contributed by atoms with Crippen LogP contribution in [-0.4, -0.2) is 118 Å². The molecule has 0 saturated carbocycles. The normalized spacial score (nSPS) is 16.7. The third-order valence-electron chi connectivity index (χ3n) is 14.8. The van der Waals surface area contributed by atoms with Crippen molar-refractivity contribution >= 4 is 79.4 Å². The minimum atomic E-state index is -1.87. The Morgan fingerprint density at radius 1 is 0.711 bits per heavy atom. The number of amides is 2. The van der Waals surface area contributed by atoms with E-state index in [-0.39, 0.29) is 154 Å². The van der Waals surface area contributed by atoms with E-state index >= 15 is 0 Å². The van der Waals surface area contributed by atoms with Crippen LogP contribution in [0.2, 0.25) is 51.4 Å². The standard InChI is InChI=1S/C28H33N3O6Si.C25H28N2O5Si.C3H6ClNO.CH2O3.2K.H/c1-7-28(35)21-13-23-24-19(14-31(23)25(32)20(21)15-36-26(28)33)17(10-11-38(4,5)6)18-12-16(8-9-22(18)29-24)37-27(34)30(2)3;1-5-25(31)19-11-21-22-17(12-27(21)23(29)18(19)13-32-24(25)30)15(8-9-33(2,3)4)16-10-14(28)6-7-20(16)26-22;1-5(2)3(4)6;2-1-4-3;;;/h8-9,12-13,35H,7,10-11,14-15H2,1-6H3;6-7,10-11,28,31H,5,8-9,12-13H2,1-4H3;1-2H3;1,3H;;;/q;;;;2*+1;-1/p-1/t28-;25-;;;;;/m00...../s1. The number of phenols is 1. The monoisotopic (exact) mass is 1250 g/mol. The number of fused-ring (bicyclic) bond motifs is 10. The van der Waals surface area contributed by atoms with Gasteiger partial charge in [-0.15, -0.1) is 0 Å². The second-order valence-corrected chi connectivity index (χ2v) is 34.7. The quantitative estimate of drug-likeness (QED) is 0.0329. The number of rotatable bonds is 10. The van der Waals surface area contributed by atoms with Gasteiger partial charge in [0.05, 0.1) is 58.0 Å². The van der Waals surface area contributed by atoms with E-state index in [1.807, 2.05) is 12.1 Å². The third-order valence-corrected chi connectivity index (χ3v) is 18.6. The van der Waals surface area contributed by atoms with Crippen molar-refractivity contribution in [3.63, 3.8) is 0 Å². The largest absolute Gasteiger partial charge is 1.00 e. The van der Waals surface area contributed by atoms with Gasteiger partial charge in [-0.3, -0.25) is 19.2 Å². The fourth-order valence-corrected chi connectivity index (χ4v) is 12.1. The van der Waals surface area contributed by atoms with Gasteiger partial charge in [0, 0.05) is 77.4 Å². The molecule has 0 spiro atoms. The molecule has 21 nitrogen and oxygen atoms in total. The molecule has 434 valence electrons. The SMILES string of the molecule is CC[C@@]1(O)C(=O)OCc2c1cc1n(c2=O)Cc2c-1nc1ccc(O)cc1c2CC[Si](C)(C)C.CC[C@@]1(O)C(=O)OCc2c1cc1n(c2=O)Cc2c-1nc1ccc(OC(=O)N(C)C)cc1c2CC[Si](C)(C)C.CN(C)C(=O)Cl.O=CO[O-].[H-].[K+].[K+]. The minimum Gasteiger partial charge on any atom is -1.00 e. The van der Waals surface area contributed by atoms with Crippen LogP contribution in [0.4, 0.5) is 9.59 Å². The summed E-state index contributed by atoms with van der Waals surface area (Å²) in [5.41, 5.74) is 5.15. The van der Waals surface area contributed by atoms with Gasteiger partial charge in [-0.25, -0.2) is 24.4 Å². The zero-order valence-corrected chi connectivity index (χ0v) is 58.6. The molecule has 4 aliphatic rings. The summed E-state index contributed by atoms with van der Waals surface area (Å²) < 4.78 is 19.2. The van der Waals surface area contributed by atoms with Crippen LogP contribution in [0.25, 0.3) is 44.6 Å². The number of nitrogens with zero attached hydrogens (tertiary/aromatic N) is 6. The van der Waals surface area contributed by atoms with E-state index in [1.54, 1.807) is 87.6 Å². The van der Waals surface area contributed by atoms with Crippen molar-refractivity contribution in [3.05, 3.63) is 114 Å². The summed E-state index contributed by atoms with van der Waals surface area (Å²) in [7, 11) is 3.66. The van der Waals surface area contributed by atoms with Crippen molar-refractivity contribution < 1.29 is 168 Å². The molecule has 2 aromatic carbocycles. The molecular formula is C57H69ClK2N6O15Si2. The van der Waals surface area contributed by atoms with Gasteiger partial charge < -0.3 is 60.0 Å². The van der Waals surface area contributed by atoms with Gasteiger partial charge in [0.2, 0.25) is 0 Å². The van der Waals surface area contributed by atoms with Crippen molar-refractivity contribution in [2.24, 2.45) is 0 Å². The first-order chi connectivity index (χ1) is 37.9. The van der Waals surface area contributed by atoms with Crippen LogP contribution < -0.4 is 124 Å². The zero-order chi connectivity index (χ0) is 59.8. The molecule has 3 N–H and O–H groups in total. The first-order valence-electron chi connectivity index (χ1n) is 26.4. The van der Waals surface area contributed by atoms with Gasteiger partial charge in [-0.1, -0.05) is 65.2 Å². The summed E-state index contributed by atoms with van der Waals surface area (Å²) in [5, 5.41) is 42.2. The van der Waals surface area contributed by atoms with E-state index in [1.165, 1.54) is 9.80 Å². The summed E-state index contributed by atoms with van der Waals surface area (Å²) in [4.78, 5) is 97.7. The Hall–Kier alpha value is -4.01. The van der Waals surface area contributed by atoms with Crippen LogP contribution in [0, 0.1) is 0 Å². The van der Waals surface area contributed by atoms with Crippen molar-refractivity contribution in [1.29, 1.82) is 0 Å². The fourth-order valence-electron chi connectivity index (χ4n) is 10.1. The number of aromatic hydroxyl groups is 1. The van der Waals surface area contributed by atoms with Gasteiger partial charge in [0.15, 0.2) is 11.2 Å². The van der Waals surface area contributed by atoms with E-state index in [4.69, 9.17) is 45.8 Å². The first kappa shape index (κ1) is 69.8. The number of carbonyl (C=O) groups excluding carboxylic acids is 5. The molecule has 83 heavy (non-hydrogen) atoms. The predicted octanol–water partition coefficient (Wildman–Crippen LogP) is 1.15. The van der Waals surface area contributed by atoms with Gasteiger partial charge in [-0.05, 0) is 96.9 Å². The zero-order valence-electron chi connectivity index (χ0n) is 50.6. The molecule has 2 amide bonds. The Morgan fingerprint density at radius 3 is 1.47 bits per heavy atom. The molecule has 0 radical (unpaired) electrons. The number of benzene rings is 2. The molecule has 26 heteroatoms. The third kappa shape index (κ3) is 14.7. The van der Waals surface area contributed by atoms with Crippen LogP contribution in [0.15, 0.2) is 58.1 Å². The van der Waals surface area contributed by atoms with E-state index in [2.05, 4.69) is 44.2 Å². The second kappa shape index (κ2) is 27.8. The Bertz CT molecular complexity index is 3670. The Morgan fingerprint density at radius 2 is 1.11 bits per heavy atom. The summed E-state index contributed by atoms with van der Waals surface area (Å²) >= 11 is 4.90. The number of cyclic esters (lactones) is 2. The van der Waals surface area contributed by atoms with Crippen molar-refractivity contribution in [1.82, 2.24) is 28.9 Å². The number of phenolic OH excluding ortho intramolecular Hbond substituents is 1. The van der Waals surface area contributed by atoms with Crippen molar-refractivity contribution in [3.8, 4) is 34.3 Å². The number of carbonyl (C=O) groups is 5. The van der Waals surface area contributed by atoms with E-state index in [0.717, 1.165) is 69.0 Å². The van der Waals surface area contributed by atoms with Crippen molar-refractivity contribution in [2.45, 2.75) is 128 Å². The molecule has 4 aliphatic heterocycles. The number of aromatic nitrogens is 4. The van der Waals surface area contributed by atoms with Gasteiger partial charge in [0.25, 0.3) is 17.6 Å². The topological polar surface area (TPSA) is 282 Å². The molecule has 0 saturated heterocycles. The van der Waals surface area contributed by atoms with Gasteiger partial charge in [-0.2, -0.15) is 0 Å². The van der Waals surface area contributed by atoms with Crippen LogP contribution in [0.1, 0.15) is 72.6 Å². The van der Waals surface area contributed by atoms with E-state index in [0.29, 0.717) is 63.9 Å². The summed E-state index contributed by atoms with van der Waals surface area (Å²) in [6.07, 6.45) is 1.37. The van der Waals surface area contributed by atoms with Crippen molar-refractivity contribution in [2.75, 3.05) is 28.2 Å². The molecule has 0 unspecified atom stereocenters. The maximum absolute atomic E-state index is 13.6. The van der Waals surface area contributed by atoms with E-state index < -0.39 is 50.7 Å². The number of esters is 2. The number of hydrogen-bond donors (Lipinski definition) is 3. The summed E-state index contributed by atoms with van der Waals surface area (Å²) in [5.74, 6) is -0.848. The molecular weight excluding hydrogens is 1180 g/mol. The molecule has 0 fully saturated rings. The second-order valence-electron chi connectivity index (χ2n) is 23.1. The molecule has 6 aromatic rings. The minimum absolute atomic E-state index is 0. The molecule has 2 atom stereocenters. The average Bonchev–Trinajstić information content (AvgIpc) is 1.84. The van der Waals surface area contributed by atoms with E-state index in [9.17, 15) is 44.1 Å².